The largest absolute Gasteiger partial charge is 0.511 e. The lowest BCUT2D eigenvalue weighted by Gasteiger charge is -2.18. The van der Waals surface area contributed by atoms with E-state index in [9.17, 15) is 27.9 Å². The number of imide groups is 1. The van der Waals surface area contributed by atoms with E-state index in [0.29, 0.717) is 12.0 Å². The minimum atomic E-state index is -4.67. The number of rotatable bonds is 9. The first kappa shape index (κ1) is 25.3. The molecule has 3 rings (SSSR count). The summed E-state index contributed by atoms with van der Waals surface area (Å²) in [6, 6.07) is 9.97. The van der Waals surface area contributed by atoms with Gasteiger partial charge in [-0.25, -0.2) is 9.69 Å². The molecule has 0 saturated carbocycles. The van der Waals surface area contributed by atoms with Gasteiger partial charge in [0.25, 0.3) is 5.91 Å². The number of anilines is 2. The van der Waals surface area contributed by atoms with E-state index >= 15 is 0 Å². The highest BCUT2D eigenvalue weighted by Gasteiger charge is 2.40. The lowest BCUT2D eigenvalue weighted by Crippen LogP contribution is -2.37. The lowest BCUT2D eigenvalue weighted by atomic mass is 10.0. The summed E-state index contributed by atoms with van der Waals surface area (Å²) in [4.78, 5) is 26.9. The summed E-state index contributed by atoms with van der Waals surface area (Å²) < 4.78 is 40.0. The molecule has 2 aromatic rings. The number of nitrogens with one attached hydrogen (secondary N) is 1. The van der Waals surface area contributed by atoms with Crippen LogP contribution in [0, 0.1) is 0 Å². The first-order valence-electron chi connectivity index (χ1n) is 11.6. The Kier molecular flexibility index (Phi) is 8.36. The number of carbonyl (C=O) groups excluding carboxylic acids is 2. The summed E-state index contributed by atoms with van der Waals surface area (Å²) >= 11 is 0. The van der Waals surface area contributed by atoms with E-state index in [1.807, 2.05) is 0 Å². The smallest absolute Gasteiger partial charge is 0.418 e. The third-order valence-electron chi connectivity index (χ3n) is 5.81. The minimum Gasteiger partial charge on any atom is -0.511 e. The number of fused-ring (bicyclic) bond motifs is 1. The van der Waals surface area contributed by atoms with E-state index in [4.69, 9.17) is 0 Å². The number of aliphatic hydroxyl groups excluding tert-OH is 1. The summed E-state index contributed by atoms with van der Waals surface area (Å²) in [6.45, 7) is 2.15. The number of amides is 3. The minimum absolute atomic E-state index is 0.0147. The number of alkyl halides is 3. The molecule has 3 amide bonds. The number of hydrogen-bond donors (Lipinski definition) is 2. The molecule has 182 valence electrons. The van der Waals surface area contributed by atoms with Gasteiger partial charge in [-0.3, -0.25) is 4.79 Å². The van der Waals surface area contributed by atoms with Gasteiger partial charge in [0.2, 0.25) is 0 Å². The van der Waals surface area contributed by atoms with Gasteiger partial charge in [0.15, 0.2) is 0 Å². The van der Waals surface area contributed by atoms with Crippen LogP contribution in [0.15, 0.2) is 54.3 Å². The molecule has 2 N–H and O–H groups in total. The van der Waals surface area contributed by atoms with Gasteiger partial charge < -0.3 is 10.4 Å². The van der Waals surface area contributed by atoms with Crippen molar-refractivity contribution in [2.45, 2.75) is 64.5 Å². The predicted octanol–water partition coefficient (Wildman–Crippen LogP) is 7.69. The first-order chi connectivity index (χ1) is 16.3. The van der Waals surface area contributed by atoms with E-state index in [-0.39, 0.29) is 23.4 Å². The molecule has 0 bridgehead atoms. The van der Waals surface area contributed by atoms with E-state index in [1.54, 1.807) is 18.2 Å². The van der Waals surface area contributed by atoms with Crippen molar-refractivity contribution in [1.29, 1.82) is 0 Å². The second kappa shape index (κ2) is 11.2. The SMILES string of the molecule is CCCCCCCCCC(O)=C1C(=O)N(C(=O)Nc2ccccc2C(F)(F)F)c2ccccc21. The molecule has 5 nitrogen and oxygen atoms in total. The Balaban J connectivity index is 1.78. The van der Waals surface area contributed by atoms with Gasteiger partial charge in [-0.05, 0) is 24.6 Å². The summed E-state index contributed by atoms with van der Waals surface area (Å²) in [6.07, 6.45) is 2.94. The first-order valence-corrected chi connectivity index (χ1v) is 11.6. The Labute approximate surface area is 197 Å². The summed E-state index contributed by atoms with van der Waals surface area (Å²) in [5, 5.41) is 12.9. The Morgan fingerprint density at radius 1 is 0.941 bits per heavy atom. The normalized spacial score (nSPS) is 14.8. The van der Waals surface area contributed by atoms with Gasteiger partial charge in [0, 0.05) is 12.0 Å². The van der Waals surface area contributed by atoms with Crippen molar-refractivity contribution < 1.29 is 27.9 Å². The number of carbonyl (C=O) groups is 2. The number of allylic oxidation sites excluding steroid dienone is 1. The molecule has 1 heterocycles. The number of halogens is 3. The lowest BCUT2D eigenvalue weighted by molar-refractivity contribution is -0.136. The standard InChI is InChI=1S/C26H29F3N2O3/c1-2-3-4-5-6-7-8-17-22(32)23-18-13-9-12-16-21(18)31(24(23)33)25(34)30-20-15-11-10-14-19(20)26(27,28)29/h9-16,32H,2-8,17H2,1H3,(H,30,34). The van der Waals surface area contributed by atoms with Crippen LogP contribution < -0.4 is 10.2 Å². The molecule has 34 heavy (non-hydrogen) atoms. The quantitative estimate of drug-likeness (QED) is 0.222. The topological polar surface area (TPSA) is 69.6 Å². The zero-order chi connectivity index (χ0) is 24.7. The van der Waals surface area contributed by atoms with Crippen molar-refractivity contribution >= 4 is 28.9 Å². The fourth-order valence-electron chi connectivity index (χ4n) is 4.08. The average molecular weight is 475 g/mol. The zero-order valence-corrected chi connectivity index (χ0v) is 19.1. The maximum Gasteiger partial charge on any atom is 0.418 e. The zero-order valence-electron chi connectivity index (χ0n) is 19.1. The fraction of sp³-hybridized carbons (Fsp3) is 0.385. The average Bonchev–Trinajstić information content (AvgIpc) is 3.09. The van der Waals surface area contributed by atoms with Crippen LogP contribution in [0.25, 0.3) is 5.57 Å². The molecule has 0 spiro atoms. The Hall–Kier alpha value is -3.29. The number of unbranched alkanes of at least 4 members (excludes halogenated alkanes) is 6. The predicted molar refractivity (Wildman–Crippen MR) is 127 cm³/mol. The van der Waals surface area contributed by atoms with Crippen molar-refractivity contribution in [2.24, 2.45) is 0 Å². The van der Waals surface area contributed by atoms with Crippen LogP contribution in [-0.2, 0) is 11.0 Å². The molecule has 0 saturated heterocycles. The molecule has 0 fully saturated rings. The molecule has 0 aliphatic carbocycles. The van der Waals surface area contributed by atoms with Crippen LogP contribution in [0.2, 0.25) is 0 Å². The fourth-order valence-corrected chi connectivity index (χ4v) is 4.08. The number of nitrogens with zero attached hydrogens (tertiary/aromatic N) is 1. The third-order valence-corrected chi connectivity index (χ3v) is 5.81. The molecule has 1 aliphatic rings. The van der Waals surface area contributed by atoms with Crippen molar-refractivity contribution in [1.82, 2.24) is 0 Å². The third kappa shape index (κ3) is 5.79. The van der Waals surface area contributed by atoms with Crippen LogP contribution in [0.5, 0.6) is 0 Å². The molecular weight excluding hydrogens is 445 g/mol. The summed E-state index contributed by atoms with van der Waals surface area (Å²) in [5.74, 6) is -0.874. The number of hydrogen-bond acceptors (Lipinski definition) is 3. The summed E-state index contributed by atoms with van der Waals surface area (Å²) in [7, 11) is 0. The van der Waals surface area contributed by atoms with Crippen molar-refractivity contribution in [3.63, 3.8) is 0 Å². The summed E-state index contributed by atoms with van der Waals surface area (Å²) in [5.41, 5.74) is -0.848. The highest BCUT2D eigenvalue weighted by Crippen LogP contribution is 2.40. The highest BCUT2D eigenvalue weighted by molar-refractivity contribution is 6.41. The van der Waals surface area contributed by atoms with Gasteiger partial charge in [-0.1, -0.05) is 75.8 Å². The number of urea groups is 1. The number of para-hydroxylation sites is 2. The highest BCUT2D eigenvalue weighted by atomic mass is 19.4. The number of benzene rings is 2. The molecule has 0 aromatic heterocycles. The molecule has 8 heteroatoms. The Morgan fingerprint density at radius 2 is 1.56 bits per heavy atom. The van der Waals surface area contributed by atoms with Gasteiger partial charge >= 0.3 is 12.2 Å². The van der Waals surface area contributed by atoms with Crippen LogP contribution in [0.4, 0.5) is 29.3 Å². The van der Waals surface area contributed by atoms with Gasteiger partial charge in [-0.2, -0.15) is 13.2 Å². The van der Waals surface area contributed by atoms with E-state index in [0.717, 1.165) is 36.3 Å². The van der Waals surface area contributed by atoms with Crippen molar-refractivity contribution in [3.05, 3.63) is 65.4 Å². The van der Waals surface area contributed by atoms with Crippen molar-refractivity contribution in [3.8, 4) is 0 Å². The maximum atomic E-state index is 13.3. The molecular formula is C26H29F3N2O3. The van der Waals surface area contributed by atoms with Crippen LogP contribution in [0.3, 0.4) is 0 Å². The van der Waals surface area contributed by atoms with Crippen molar-refractivity contribution in [2.75, 3.05) is 10.2 Å². The molecule has 0 radical (unpaired) electrons. The molecule has 2 aromatic carbocycles. The second-order valence-corrected chi connectivity index (χ2v) is 8.32. The molecule has 0 unspecified atom stereocenters. The number of aliphatic hydroxyl groups is 1. The van der Waals surface area contributed by atoms with E-state index < -0.39 is 29.4 Å². The van der Waals surface area contributed by atoms with Crippen LogP contribution in [-0.4, -0.2) is 17.0 Å². The van der Waals surface area contributed by atoms with Gasteiger partial charge in [0.1, 0.15) is 5.76 Å². The second-order valence-electron chi connectivity index (χ2n) is 8.32. The van der Waals surface area contributed by atoms with Gasteiger partial charge in [0.05, 0.1) is 22.5 Å². The Morgan fingerprint density at radius 3 is 2.26 bits per heavy atom. The van der Waals surface area contributed by atoms with Crippen LogP contribution in [0.1, 0.15) is 69.4 Å². The van der Waals surface area contributed by atoms with E-state index in [1.165, 1.54) is 37.5 Å². The van der Waals surface area contributed by atoms with E-state index in [2.05, 4.69) is 12.2 Å². The van der Waals surface area contributed by atoms with Crippen LogP contribution >= 0.6 is 0 Å². The van der Waals surface area contributed by atoms with Gasteiger partial charge in [-0.15, -0.1) is 0 Å². The maximum absolute atomic E-state index is 13.3. The Bertz CT molecular complexity index is 1060. The molecule has 1 aliphatic heterocycles. The monoisotopic (exact) mass is 474 g/mol. The molecule has 0 atom stereocenters.